The fourth-order valence-electron chi connectivity index (χ4n) is 2.23. The van der Waals surface area contributed by atoms with E-state index in [0.29, 0.717) is 0 Å². The lowest BCUT2D eigenvalue weighted by Crippen LogP contribution is -2.28. The predicted molar refractivity (Wildman–Crippen MR) is 60.8 cm³/mol. The van der Waals surface area contributed by atoms with Gasteiger partial charge in [-0.05, 0) is 18.9 Å². The first-order chi connectivity index (χ1) is 8.22. The van der Waals surface area contributed by atoms with Crippen LogP contribution in [0, 0.1) is 5.92 Å². The third kappa shape index (κ3) is 2.52. The molecule has 1 fully saturated rings. The van der Waals surface area contributed by atoms with Crippen LogP contribution in [0.1, 0.15) is 29.6 Å². The summed E-state index contributed by atoms with van der Waals surface area (Å²) in [6.07, 6.45) is 4.26. The molecule has 17 heavy (non-hydrogen) atoms. The van der Waals surface area contributed by atoms with Crippen molar-refractivity contribution in [2.24, 2.45) is 5.92 Å². The molecule has 1 aliphatic rings. The van der Waals surface area contributed by atoms with Crippen molar-refractivity contribution < 1.29 is 15.0 Å². The van der Waals surface area contributed by atoms with E-state index in [1.807, 2.05) is 0 Å². The molecule has 0 saturated heterocycles. The maximum Gasteiger partial charge on any atom is 0.339 e. The summed E-state index contributed by atoms with van der Waals surface area (Å²) in [6, 6.07) is 1.50. The van der Waals surface area contributed by atoms with Crippen molar-refractivity contribution >= 4 is 11.8 Å². The summed E-state index contributed by atoms with van der Waals surface area (Å²) in [4.78, 5) is 11.0. The number of carbonyl (C=O) groups is 1. The molecule has 2 atom stereocenters. The standard InChI is InChI=1S/C11H15N3O3/c15-6-7-2-1-3-9(7)13-10-8(11(16)17)4-5-12-14-10/h4-5,7,9,15H,1-3,6H2,(H,13,14)(H,16,17). The Bertz CT molecular complexity index is 411. The minimum absolute atomic E-state index is 0.0785. The summed E-state index contributed by atoms with van der Waals surface area (Å²) in [5.41, 5.74) is 0.114. The molecular formula is C11H15N3O3. The van der Waals surface area contributed by atoms with Gasteiger partial charge in [0.2, 0.25) is 0 Å². The van der Waals surface area contributed by atoms with Crippen molar-refractivity contribution in [3.8, 4) is 0 Å². The van der Waals surface area contributed by atoms with Crippen molar-refractivity contribution in [1.29, 1.82) is 0 Å². The van der Waals surface area contributed by atoms with E-state index in [2.05, 4.69) is 15.5 Å². The van der Waals surface area contributed by atoms with Gasteiger partial charge in [0.15, 0.2) is 5.82 Å². The van der Waals surface area contributed by atoms with Crippen molar-refractivity contribution in [2.75, 3.05) is 11.9 Å². The monoisotopic (exact) mass is 237 g/mol. The van der Waals surface area contributed by atoms with Crippen LogP contribution in [0.5, 0.6) is 0 Å². The van der Waals surface area contributed by atoms with Gasteiger partial charge in [-0.2, -0.15) is 5.10 Å². The molecule has 1 heterocycles. The molecular weight excluding hydrogens is 222 g/mol. The molecule has 0 aromatic carbocycles. The van der Waals surface area contributed by atoms with Gasteiger partial charge in [0.1, 0.15) is 5.56 Å². The largest absolute Gasteiger partial charge is 0.478 e. The molecule has 6 nitrogen and oxygen atoms in total. The van der Waals surface area contributed by atoms with Gasteiger partial charge >= 0.3 is 5.97 Å². The zero-order valence-electron chi connectivity index (χ0n) is 9.33. The van der Waals surface area contributed by atoms with Gasteiger partial charge in [0.05, 0.1) is 6.20 Å². The van der Waals surface area contributed by atoms with Crippen LogP contribution in [-0.2, 0) is 0 Å². The van der Waals surface area contributed by atoms with E-state index in [1.165, 1.54) is 12.3 Å². The lowest BCUT2D eigenvalue weighted by atomic mass is 10.0. The van der Waals surface area contributed by atoms with Crippen molar-refractivity contribution in [3.63, 3.8) is 0 Å². The number of aromatic carboxylic acids is 1. The Morgan fingerprint density at radius 3 is 3.06 bits per heavy atom. The Morgan fingerprint density at radius 2 is 2.35 bits per heavy atom. The molecule has 2 rings (SSSR count). The minimum Gasteiger partial charge on any atom is -0.478 e. The Hall–Kier alpha value is -1.69. The Balaban J connectivity index is 2.15. The number of aliphatic hydroxyl groups excluding tert-OH is 1. The quantitative estimate of drug-likeness (QED) is 0.715. The number of anilines is 1. The van der Waals surface area contributed by atoms with E-state index in [0.717, 1.165) is 19.3 Å². The summed E-state index contributed by atoms with van der Waals surface area (Å²) < 4.78 is 0. The molecule has 1 aliphatic carbocycles. The van der Waals surface area contributed by atoms with Gasteiger partial charge in [0.25, 0.3) is 0 Å². The molecule has 0 amide bonds. The van der Waals surface area contributed by atoms with Gasteiger partial charge in [-0.1, -0.05) is 6.42 Å². The summed E-state index contributed by atoms with van der Waals surface area (Å²) in [7, 11) is 0. The molecule has 1 saturated carbocycles. The number of aliphatic hydroxyl groups is 1. The van der Waals surface area contributed by atoms with Crippen molar-refractivity contribution in [2.45, 2.75) is 25.3 Å². The third-order valence-corrected chi connectivity index (χ3v) is 3.17. The smallest absolute Gasteiger partial charge is 0.339 e. The molecule has 0 radical (unpaired) electrons. The maximum atomic E-state index is 11.0. The number of rotatable bonds is 4. The zero-order valence-corrected chi connectivity index (χ0v) is 9.33. The van der Waals surface area contributed by atoms with E-state index in [4.69, 9.17) is 5.11 Å². The van der Waals surface area contributed by atoms with Crippen LogP contribution in [0.25, 0.3) is 0 Å². The highest BCUT2D eigenvalue weighted by Gasteiger charge is 2.28. The number of hydrogen-bond donors (Lipinski definition) is 3. The SMILES string of the molecule is O=C(O)c1ccnnc1NC1CCCC1CO. The Labute approximate surface area is 98.7 Å². The van der Waals surface area contributed by atoms with Crippen LogP contribution in [-0.4, -0.2) is 39.0 Å². The molecule has 0 bridgehead atoms. The summed E-state index contributed by atoms with van der Waals surface area (Å²) in [5.74, 6) is -0.579. The topological polar surface area (TPSA) is 95.3 Å². The molecule has 92 valence electrons. The van der Waals surface area contributed by atoms with E-state index in [9.17, 15) is 9.90 Å². The second-order valence-electron chi connectivity index (χ2n) is 4.22. The van der Waals surface area contributed by atoms with Crippen LogP contribution in [0.3, 0.4) is 0 Å². The first-order valence-electron chi connectivity index (χ1n) is 5.64. The summed E-state index contributed by atoms with van der Waals surface area (Å²) in [5, 5.41) is 28.8. The van der Waals surface area contributed by atoms with Crippen LogP contribution < -0.4 is 5.32 Å². The normalized spacial score (nSPS) is 23.6. The maximum absolute atomic E-state index is 11.0. The first-order valence-corrected chi connectivity index (χ1v) is 5.64. The second kappa shape index (κ2) is 5.09. The fraction of sp³-hybridized carbons (Fsp3) is 0.545. The number of carboxylic acids is 1. The highest BCUT2D eigenvalue weighted by molar-refractivity contribution is 5.92. The number of nitrogens with zero attached hydrogens (tertiary/aromatic N) is 2. The fourth-order valence-corrected chi connectivity index (χ4v) is 2.23. The average Bonchev–Trinajstić information content (AvgIpc) is 2.77. The summed E-state index contributed by atoms with van der Waals surface area (Å²) >= 11 is 0. The lowest BCUT2D eigenvalue weighted by molar-refractivity contribution is 0.0697. The Morgan fingerprint density at radius 1 is 1.53 bits per heavy atom. The first kappa shape index (κ1) is 11.8. The molecule has 3 N–H and O–H groups in total. The zero-order chi connectivity index (χ0) is 12.3. The van der Waals surface area contributed by atoms with Gasteiger partial charge in [-0.25, -0.2) is 4.79 Å². The van der Waals surface area contributed by atoms with Gasteiger partial charge in [-0.3, -0.25) is 0 Å². The Kier molecular flexibility index (Phi) is 3.53. The van der Waals surface area contributed by atoms with E-state index in [-0.39, 0.29) is 29.9 Å². The molecule has 2 unspecified atom stereocenters. The predicted octanol–water partition coefficient (Wildman–Crippen LogP) is 0.748. The van der Waals surface area contributed by atoms with Crippen LogP contribution >= 0.6 is 0 Å². The number of nitrogens with one attached hydrogen (secondary N) is 1. The third-order valence-electron chi connectivity index (χ3n) is 3.17. The van der Waals surface area contributed by atoms with E-state index >= 15 is 0 Å². The minimum atomic E-state index is -1.03. The van der Waals surface area contributed by atoms with Gasteiger partial charge in [0, 0.05) is 18.6 Å². The van der Waals surface area contributed by atoms with Crippen LogP contribution in [0.2, 0.25) is 0 Å². The number of carboxylic acid groups (broad SMARTS) is 1. The van der Waals surface area contributed by atoms with Crippen molar-refractivity contribution in [1.82, 2.24) is 10.2 Å². The van der Waals surface area contributed by atoms with Gasteiger partial charge < -0.3 is 15.5 Å². The van der Waals surface area contributed by atoms with E-state index < -0.39 is 5.97 Å². The highest BCUT2D eigenvalue weighted by atomic mass is 16.4. The average molecular weight is 237 g/mol. The number of hydrogen-bond acceptors (Lipinski definition) is 5. The highest BCUT2D eigenvalue weighted by Crippen LogP contribution is 2.28. The van der Waals surface area contributed by atoms with Crippen LogP contribution in [0.4, 0.5) is 5.82 Å². The summed E-state index contributed by atoms with van der Waals surface area (Å²) in [6.45, 7) is 0.111. The molecule has 6 heteroatoms. The lowest BCUT2D eigenvalue weighted by Gasteiger charge is -2.19. The van der Waals surface area contributed by atoms with Crippen LogP contribution in [0.15, 0.2) is 12.3 Å². The molecule has 0 spiro atoms. The second-order valence-corrected chi connectivity index (χ2v) is 4.22. The molecule has 1 aromatic heterocycles. The van der Waals surface area contributed by atoms with Gasteiger partial charge in [-0.15, -0.1) is 5.10 Å². The number of aromatic nitrogens is 2. The molecule has 0 aliphatic heterocycles. The van der Waals surface area contributed by atoms with Crippen molar-refractivity contribution in [3.05, 3.63) is 17.8 Å². The molecule has 1 aromatic rings. The van der Waals surface area contributed by atoms with E-state index in [1.54, 1.807) is 0 Å².